The molecule has 2 rings (SSSR count). The van der Waals surface area contributed by atoms with Gasteiger partial charge in [0, 0.05) is 17.2 Å². The molecular formula is C12H10F3N5. The van der Waals surface area contributed by atoms with Crippen LogP contribution in [0.3, 0.4) is 0 Å². The summed E-state index contributed by atoms with van der Waals surface area (Å²) in [5.74, 6) is 0.145. The Bertz CT molecular complexity index is 706. The van der Waals surface area contributed by atoms with Gasteiger partial charge in [0.2, 0.25) is 0 Å². The van der Waals surface area contributed by atoms with Crippen LogP contribution < -0.4 is 11.5 Å². The molecule has 0 amide bonds. The number of fused-ring (bicyclic) bond motifs is 1. The maximum atomic E-state index is 12.6. The van der Waals surface area contributed by atoms with E-state index >= 15 is 0 Å². The number of hydrogen-bond donors (Lipinski definition) is 3. The predicted octanol–water partition coefficient (Wildman–Crippen LogP) is 2.09. The minimum Gasteiger partial charge on any atom is -0.404 e. The molecule has 0 aliphatic rings. The largest absolute Gasteiger partial charge is 0.433 e. The van der Waals surface area contributed by atoms with Crippen LogP contribution in [0, 0.1) is 5.41 Å². The summed E-state index contributed by atoms with van der Waals surface area (Å²) in [4.78, 5) is 7.71. The number of nitrogens with zero attached hydrogens (tertiary/aromatic N) is 2. The maximum Gasteiger partial charge on any atom is 0.433 e. The Kier molecular flexibility index (Phi) is 3.31. The van der Waals surface area contributed by atoms with Crippen molar-refractivity contribution in [2.24, 2.45) is 5.73 Å². The van der Waals surface area contributed by atoms with E-state index in [0.717, 1.165) is 6.20 Å². The van der Waals surface area contributed by atoms with E-state index in [1.165, 1.54) is 24.5 Å². The third-order valence-electron chi connectivity index (χ3n) is 2.70. The molecule has 0 spiro atoms. The quantitative estimate of drug-likeness (QED) is 0.733. The number of anilines is 1. The number of aromatic nitrogens is 2. The first-order valence-electron chi connectivity index (χ1n) is 5.43. The molecule has 0 fully saturated rings. The van der Waals surface area contributed by atoms with Gasteiger partial charge in [-0.15, -0.1) is 0 Å². The summed E-state index contributed by atoms with van der Waals surface area (Å²) in [6.45, 7) is 0. The zero-order chi connectivity index (χ0) is 14.9. The molecule has 0 aliphatic carbocycles. The van der Waals surface area contributed by atoms with Crippen LogP contribution in [-0.2, 0) is 0 Å². The van der Waals surface area contributed by atoms with Gasteiger partial charge >= 0.3 is 6.18 Å². The maximum absolute atomic E-state index is 12.6. The number of hydrogen-bond acceptors (Lipinski definition) is 5. The summed E-state index contributed by atoms with van der Waals surface area (Å²) in [6.07, 6.45) is -2.77. The molecule has 0 saturated heterocycles. The van der Waals surface area contributed by atoms with E-state index in [1.54, 1.807) is 0 Å². The SMILES string of the molecule is N=C(/C(=C\N)c1ccc2ncnc(N)c2c1)C(F)(F)F. The number of nitrogen functional groups attached to an aromatic ring is 1. The molecule has 8 heteroatoms. The third kappa shape index (κ3) is 2.40. The van der Waals surface area contributed by atoms with Gasteiger partial charge in [0.1, 0.15) is 17.9 Å². The first-order chi connectivity index (χ1) is 9.34. The average Bonchev–Trinajstić information content (AvgIpc) is 2.39. The molecule has 5 N–H and O–H groups in total. The molecule has 1 aromatic heterocycles. The zero-order valence-corrected chi connectivity index (χ0v) is 10.1. The molecule has 20 heavy (non-hydrogen) atoms. The molecule has 1 aromatic carbocycles. The molecule has 0 unspecified atom stereocenters. The van der Waals surface area contributed by atoms with Gasteiger partial charge in [0.25, 0.3) is 0 Å². The lowest BCUT2D eigenvalue weighted by molar-refractivity contribution is -0.0578. The summed E-state index contributed by atoms with van der Waals surface area (Å²) >= 11 is 0. The Morgan fingerprint density at radius 3 is 2.55 bits per heavy atom. The fourth-order valence-corrected chi connectivity index (χ4v) is 1.72. The van der Waals surface area contributed by atoms with Gasteiger partial charge in [-0.25, -0.2) is 9.97 Å². The lowest BCUT2D eigenvalue weighted by Gasteiger charge is -2.12. The number of nitrogens with two attached hydrogens (primary N) is 2. The van der Waals surface area contributed by atoms with Crippen molar-refractivity contribution in [2.45, 2.75) is 6.18 Å². The van der Waals surface area contributed by atoms with Crippen LogP contribution in [0.1, 0.15) is 5.56 Å². The number of rotatable bonds is 2. The smallest absolute Gasteiger partial charge is 0.404 e. The minimum absolute atomic E-state index is 0.129. The highest BCUT2D eigenvalue weighted by Crippen LogP contribution is 2.29. The average molecular weight is 281 g/mol. The molecule has 2 aromatic rings. The van der Waals surface area contributed by atoms with Crippen molar-refractivity contribution in [3.8, 4) is 0 Å². The molecule has 104 valence electrons. The van der Waals surface area contributed by atoms with Crippen LogP contribution in [0.15, 0.2) is 30.7 Å². The van der Waals surface area contributed by atoms with Crippen molar-refractivity contribution in [2.75, 3.05) is 5.73 Å². The summed E-state index contributed by atoms with van der Waals surface area (Å²) < 4.78 is 37.8. The Hall–Kier alpha value is -2.64. The van der Waals surface area contributed by atoms with Crippen LogP contribution >= 0.6 is 0 Å². The summed E-state index contributed by atoms with van der Waals surface area (Å²) in [5, 5.41) is 7.56. The topological polar surface area (TPSA) is 102 Å². The highest BCUT2D eigenvalue weighted by Gasteiger charge is 2.37. The summed E-state index contributed by atoms with van der Waals surface area (Å²) in [7, 11) is 0. The van der Waals surface area contributed by atoms with Crippen molar-refractivity contribution in [1.29, 1.82) is 5.41 Å². The normalized spacial score (nSPS) is 12.7. The van der Waals surface area contributed by atoms with Gasteiger partial charge in [-0.1, -0.05) is 6.07 Å². The first-order valence-corrected chi connectivity index (χ1v) is 5.43. The van der Waals surface area contributed by atoms with Crippen LogP contribution in [0.5, 0.6) is 0 Å². The van der Waals surface area contributed by atoms with Crippen LogP contribution in [0.2, 0.25) is 0 Å². The second-order valence-electron chi connectivity index (χ2n) is 3.94. The Morgan fingerprint density at radius 2 is 1.95 bits per heavy atom. The van der Waals surface area contributed by atoms with E-state index in [4.69, 9.17) is 16.9 Å². The van der Waals surface area contributed by atoms with Gasteiger partial charge in [-0.05, 0) is 17.7 Å². The van der Waals surface area contributed by atoms with Crippen molar-refractivity contribution in [3.05, 3.63) is 36.3 Å². The Balaban J connectivity index is 2.57. The summed E-state index contributed by atoms with van der Waals surface area (Å²) in [5.41, 5.74) is 9.55. The van der Waals surface area contributed by atoms with Gasteiger partial charge in [-0.3, -0.25) is 5.41 Å². The molecule has 0 saturated carbocycles. The predicted molar refractivity (Wildman–Crippen MR) is 69.9 cm³/mol. The Labute approximate surface area is 111 Å². The lowest BCUT2D eigenvalue weighted by atomic mass is 10.00. The van der Waals surface area contributed by atoms with Gasteiger partial charge in [0.15, 0.2) is 0 Å². The number of nitrogens with one attached hydrogen (secondary N) is 1. The van der Waals surface area contributed by atoms with Crippen molar-refractivity contribution < 1.29 is 13.2 Å². The number of allylic oxidation sites excluding steroid dienone is 1. The minimum atomic E-state index is -4.78. The van der Waals surface area contributed by atoms with Gasteiger partial charge in [-0.2, -0.15) is 13.2 Å². The van der Waals surface area contributed by atoms with E-state index in [1.807, 2.05) is 0 Å². The molecule has 0 atom stereocenters. The lowest BCUT2D eigenvalue weighted by Crippen LogP contribution is -2.23. The van der Waals surface area contributed by atoms with Crippen LogP contribution in [0.25, 0.3) is 16.5 Å². The standard InChI is InChI=1S/C12H10F3N5/c13-12(14,15)10(17)8(4-16)6-1-2-9-7(3-6)11(18)20-5-19-9/h1-5,17H,16H2,(H2,18,19,20)/b8-4-,17-10?. The van der Waals surface area contributed by atoms with Crippen molar-refractivity contribution >= 4 is 28.0 Å². The van der Waals surface area contributed by atoms with E-state index in [0.29, 0.717) is 10.9 Å². The molecular weight excluding hydrogens is 271 g/mol. The monoisotopic (exact) mass is 281 g/mol. The Morgan fingerprint density at radius 1 is 1.25 bits per heavy atom. The number of alkyl halides is 3. The fourth-order valence-electron chi connectivity index (χ4n) is 1.72. The first kappa shape index (κ1) is 13.8. The molecule has 0 radical (unpaired) electrons. The van der Waals surface area contributed by atoms with Crippen LogP contribution in [0.4, 0.5) is 19.0 Å². The molecule has 0 aliphatic heterocycles. The van der Waals surface area contributed by atoms with E-state index in [9.17, 15) is 13.2 Å². The number of benzene rings is 1. The highest BCUT2D eigenvalue weighted by atomic mass is 19.4. The van der Waals surface area contributed by atoms with Gasteiger partial charge < -0.3 is 11.5 Å². The second-order valence-corrected chi connectivity index (χ2v) is 3.94. The zero-order valence-electron chi connectivity index (χ0n) is 10.1. The molecule has 5 nitrogen and oxygen atoms in total. The number of halogens is 3. The second kappa shape index (κ2) is 4.80. The van der Waals surface area contributed by atoms with E-state index < -0.39 is 17.5 Å². The van der Waals surface area contributed by atoms with E-state index in [2.05, 4.69) is 9.97 Å². The van der Waals surface area contributed by atoms with E-state index in [-0.39, 0.29) is 11.4 Å². The molecule has 0 bridgehead atoms. The van der Waals surface area contributed by atoms with Crippen molar-refractivity contribution in [3.63, 3.8) is 0 Å². The highest BCUT2D eigenvalue weighted by molar-refractivity contribution is 6.25. The van der Waals surface area contributed by atoms with Crippen molar-refractivity contribution in [1.82, 2.24) is 9.97 Å². The molecule has 1 heterocycles. The van der Waals surface area contributed by atoms with Gasteiger partial charge in [0.05, 0.1) is 5.52 Å². The third-order valence-corrected chi connectivity index (χ3v) is 2.70. The summed E-state index contributed by atoms with van der Waals surface area (Å²) in [6, 6.07) is 4.27. The fraction of sp³-hybridized carbons (Fsp3) is 0.0833. The van der Waals surface area contributed by atoms with Crippen LogP contribution in [-0.4, -0.2) is 21.9 Å².